The van der Waals surface area contributed by atoms with Gasteiger partial charge in [-0.3, -0.25) is 0 Å². The van der Waals surface area contributed by atoms with Gasteiger partial charge in [0, 0.05) is 19.6 Å². The van der Waals surface area contributed by atoms with Crippen LogP contribution in [0, 0.1) is 11.8 Å². The number of carbonyl (C=O) groups excluding carboxylic acids is 1. The van der Waals surface area contributed by atoms with Gasteiger partial charge < -0.3 is 15.0 Å². The summed E-state index contributed by atoms with van der Waals surface area (Å²) in [5.74, 6) is 1.23. The second-order valence-electron chi connectivity index (χ2n) is 7.07. The number of hydrogen-bond acceptors (Lipinski definition) is 2. The second kappa shape index (κ2) is 8.62. The van der Waals surface area contributed by atoms with Crippen molar-refractivity contribution in [2.45, 2.75) is 64.9 Å². The van der Waals surface area contributed by atoms with Crippen LogP contribution < -0.4 is 5.32 Å². The van der Waals surface area contributed by atoms with Crippen molar-refractivity contribution in [3.8, 4) is 0 Å². The molecule has 1 saturated heterocycles. The van der Waals surface area contributed by atoms with Crippen LogP contribution in [0.25, 0.3) is 0 Å². The van der Waals surface area contributed by atoms with Crippen LogP contribution in [0.5, 0.6) is 0 Å². The topological polar surface area (TPSA) is 41.6 Å². The lowest BCUT2D eigenvalue weighted by Crippen LogP contribution is -2.48. The zero-order valence-corrected chi connectivity index (χ0v) is 13.8. The van der Waals surface area contributed by atoms with Gasteiger partial charge in [-0.25, -0.2) is 4.79 Å². The molecule has 1 saturated carbocycles. The molecule has 4 nitrogen and oxygen atoms in total. The Morgan fingerprint density at radius 1 is 1.10 bits per heavy atom. The van der Waals surface area contributed by atoms with Crippen molar-refractivity contribution in [2.24, 2.45) is 11.8 Å². The Kier molecular flexibility index (Phi) is 6.81. The Bertz CT molecular complexity index is 304. The fourth-order valence-electron chi connectivity index (χ4n) is 3.73. The number of rotatable bonds is 4. The van der Waals surface area contributed by atoms with E-state index in [1.807, 2.05) is 4.90 Å². The first-order valence-corrected chi connectivity index (χ1v) is 8.79. The maximum absolute atomic E-state index is 12.2. The molecular formula is C17H32N2O2. The summed E-state index contributed by atoms with van der Waals surface area (Å²) < 4.78 is 5.91. The van der Waals surface area contributed by atoms with Crippen LogP contribution in [0.1, 0.15) is 58.8 Å². The van der Waals surface area contributed by atoms with Crippen LogP contribution >= 0.6 is 0 Å². The molecule has 21 heavy (non-hydrogen) atoms. The van der Waals surface area contributed by atoms with Crippen LogP contribution in [0.4, 0.5) is 4.79 Å². The highest BCUT2D eigenvalue weighted by Gasteiger charge is 2.25. The van der Waals surface area contributed by atoms with Crippen molar-refractivity contribution in [1.82, 2.24) is 10.2 Å². The number of amides is 2. The monoisotopic (exact) mass is 296 g/mol. The van der Waals surface area contributed by atoms with Crippen molar-refractivity contribution in [1.29, 1.82) is 0 Å². The quantitative estimate of drug-likeness (QED) is 0.638. The van der Waals surface area contributed by atoms with Crippen molar-refractivity contribution in [3.05, 3.63) is 0 Å². The van der Waals surface area contributed by atoms with E-state index in [2.05, 4.69) is 19.2 Å². The molecule has 2 rings (SSSR count). The number of urea groups is 1. The first-order chi connectivity index (χ1) is 10.1. The van der Waals surface area contributed by atoms with E-state index >= 15 is 0 Å². The Labute approximate surface area is 129 Å². The molecule has 4 heteroatoms. The van der Waals surface area contributed by atoms with Crippen LogP contribution in [0.3, 0.4) is 0 Å². The van der Waals surface area contributed by atoms with Crippen LogP contribution in [0.2, 0.25) is 0 Å². The zero-order valence-electron chi connectivity index (χ0n) is 13.8. The predicted molar refractivity (Wildman–Crippen MR) is 85.4 cm³/mol. The zero-order chi connectivity index (χ0) is 15.1. The highest BCUT2D eigenvalue weighted by Crippen LogP contribution is 2.21. The number of likely N-dealkylation sites (tertiary alicyclic amines) is 1. The summed E-state index contributed by atoms with van der Waals surface area (Å²) in [4.78, 5) is 14.1. The van der Waals surface area contributed by atoms with Gasteiger partial charge in [0.25, 0.3) is 0 Å². The van der Waals surface area contributed by atoms with E-state index in [0.717, 1.165) is 13.1 Å². The minimum Gasteiger partial charge on any atom is -0.376 e. The van der Waals surface area contributed by atoms with E-state index in [9.17, 15) is 4.79 Å². The van der Waals surface area contributed by atoms with Crippen LogP contribution in [0.15, 0.2) is 0 Å². The van der Waals surface area contributed by atoms with E-state index in [1.165, 1.54) is 44.9 Å². The molecule has 122 valence electrons. The van der Waals surface area contributed by atoms with E-state index in [1.54, 1.807) is 0 Å². The standard InChI is InChI=1S/C17H32N2O2/c1-14-11-15(2)13-19(12-14)17(20)18-9-10-21-16-7-5-3-4-6-8-16/h14-16H,3-13H2,1-2H3,(H,18,20)/t14-,15+. The summed E-state index contributed by atoms with van der Waals surface area (Å²) in [5.41, 5.74) is 0. The van der Waals surface area contributed by atoms with Gasteiger partial charge in [0.15, 0.2) is 0 Å². The van der Waals surface area contributed by atoms with E-state index < -0.39 is 0 Å². The number of nitrogens with one attached hydrogen (secondary N) is 1. The average molecular weight is 296 g/mol. The van der Waals surface area contributed by atoms with Gasteiger partial charge in [-0.1, -0.05) is 39.5 Å². The lowest BCUT2D eigenvalue weighted by atomic mass is 9.92. The third kappa shape index (κ3) is 5.85. The maximum Gasteiger partial charge on any atom is 0.317 e. The van der Waals surface area contributed by atoms with Crippen molar-refractivity contribution < 1.29 is 9.53 Å². The number of ether oxygens (including phenoxy) is 1. The fraction of sp³-hybridized carbons (Fsp3) is 0.941. The molecule has 0 spiro atoms. The molecule has 0 aromatic carbocycles. The number of carbonyl (C=O) groups is 1. The molecule has 2 aliphatic rings. The minimum atomic E-state index is 0.0814. The highest BCUT2D eigenvalue weighted by molar-refractivity contribution is 5.74. The highest BCUT2D eigenvalue weighted by atomic mass is 16.5. The summed E-state index contributed by atoms with van der Waals surface area (Å²) in [6.45, 7) is 7.51. The molecule has 1 aliphatic carbocycles. The Balaban J connectivity index is 1.60. The first kappa shape index (κ1) is 16.6. The van der Waals surface area contributed by atoms with Gasteiger partial charge in [0.2, 0.25) is 0 Å². The first-order valence-electron chi connectivity index (χ1n) is 8.79. The van der Waals surface area contributed by atoms with Gasteiger partial charge in [-0.05, 0) is 31.1 Å². The molecule has 2 amide bonds. The molecule has 2 fully saturated rings. The number of piperidine rings is 1. The van der Waals surface area contributed by atoms with Gasteiger partial charge in [0.1, 0.15) is 0 Å². The van der Waals surface area contributed by atoms with E-state index in [0.29, 0.717) is 31.1 Å². The molecule has 1 N–H and O–H groups in total. The summed E-state index contributed by atoms with van der Waals surface area (Å²) >= 11 is 0. The smallest absolute Gasteiger partial charge is 0.317 e. The molecule has 0 radical (unpaired) electrons. The van der Waals surface area contributed by atoms with E-state index in [4.69, 9.17) is 4.74 Å². The number of hydrogen-bond donors (Lipinski definition) is 1. The molecule has 0 aromatic heterocycles. The molecule has 0 aromatic rings. The van der Waals surface area contributed by atoms with Gasteiger partial charge in [-0.2, -0.15) is 0 Å². The summed E-state index contributed by atoms with van der Waals surface area (Å²) in [5, 5.41) is 3.01. The Hall–Kier alpha value is -0.770. The Morgan fingerprint density at radius 3 is 2.33 bits per heavy atom. The third-order valence-electron chi connectivity index (χ3n) is 4.69. The van der Waals surface area contributed by atoms with Crippen molar-refractivity contribution >= 4 is 6.03 Å². The van der Waals surface area contributed by atoms with Gasteiger partial charge >= 0.3 is 6.03 Å². The van der Waals surface area contributed by atoms with Gasteiger partial charge in [0.05, 0.1) is 12.7 Å². The maximum atomic E-state index is 12.2. The van der Waals surface area contributed by atoms with Crippen LogP contribution in [-0.4, -0.2) is 43.3 Å². The van der Waals surface area contributed by atoms with Crippen LogP contribution in [-0.2, 0) is 4.74 Å². The predicted octanol–water partition coefficient (Wildman–Crippen LogP) is 3.41. The fourth-order valence-corrected chi connectivity index (χ4v) is 3.73. The Morgan fingerprint density at radius 2 is 1.71 bits per heavy atom. The largest absolute Gasteiger partial charge is 0.376 e. The summed E-state index contributed by atoms with van der Waals surface area (Å²) in [6, 6.07) is 0.0814. The minimum absolute atomic E-state index is 0.0814. The molecule has 1 aliphatic heterocycles. The normalized spacial score (nSPS) is 28.2. The second-order valence-corrected chi connectivity index (χ2v) is 7.07. The lowest BCUT2D eigenvalue weighted by Gasteiger charge is -2.35. The van der Waals surface area contributed by atoms with E-state index in [-0.39, 0.29) is 6.03 Å². The summed E-state index contributed by atoms with van der Waals surface area (Å²) in [6.07, 6.45) is 9.31. The number of nitrogens with zero attached hydrogens (tertiary/aromatic N) is 1. The van der Waals surface area contributed by atoms with Crippen molar-refractivity contribution in [3.63, 3.8) is 0 Å². The molecule has 0 unspecified atom stereocenters. The lowest BCUT2D eigenvalue weighted by molar-refractivity contribution is 0.0450. The van der Waals surface area contributed by atoms with Gasteiger partial charge in [-0.15, -0.1) is 0 Å². The average Bonchev–Trinajstić information content (AvgIpc) is 2.71. The summed E-state index contributed by atoms with van der Waals surface area (Å²) in [7, 11) is 0. The molecular weight excluding hydrogens is 264 g/mol. The molecule has 1 heterocycles. The SMILES string of the molecule is C[C@@H]1C[C@H](C)CN(C(=O)NCCOC2CCCCCC2)C1. The third-order valence-corrected chi connectivity index (χ3v) is 4.69. The van der Waals surface area contributed by atoms with Crippen molar-refractivity contribution in [2.75, 3.05) is 26.2 Å². The molecule has 0 bridgehead atoms. The molecule has 2 atom stereocenters.